The number of carbonyl (C=O) groups is 1. The Labute approximate surface area is 161 Å². The Morgan fingerprint density at radius 1 is 1.26 bits per heavy atom. The maximum absolute atomic E-state index is 12.7. The van der Waals surface area contributed by atoms with Crippen molar-refractivity contribution < 1.29 is 18.0 Å². The molecule has 0 aliphatic carbocycles. The van der Waals surface area contributed by atoms with E-state index < -0.39 is 11.9 Å². The topological polar surface area (TPSA) is 64.2 Å². The number of nitrogens with zero attached hydrogens (tertiary/aromatic N) is 3. The van der Waals surface area contributed by atoms with Crippen molar-refractivity contribution in [2.75, 3.05) is 13.1 Å². The van der Waals surface area contributed by atoms with Crippen molar-refractivity contribution in [3.63, 3.8) is 0 Å². The zero-order valence-corrected chi connectivity index (χ0v) is 15.6. The SMILES string of the molecule is CC(N)C1CCN(C(=O)c2cccc(-n3ccc(C(F)(F)F)n3)c2)CC1.Cl. The quantitative estimate of drug-likeness (QED) is 0.854. The van der Waals surface area contributed by atoms with Gasteiger partial charge in [0, 0.05) is 30.9 Å². The van der Waals surface area contributed by atoms with Gasteiger partial charge in [0.15, 0.2) is 5.69 Å². The van der Waals surface area contributed by atoms with Crippen molar-refractivity contribution in [2.45, 2.75) is 32.0 Å². The number of hydrogen-bond donors (Lipinski definition) is 1. The maximum atomic E-state index is 12.7. The van der Waals surface area contributed by atoms with E-state index in [1.807, 2.05) is 6.92 Å². The molecule has 0 spiro atoms. The molecular weight excluding hydrogens is 381 g/mol. The zero-order valence-electron chi connectivity index (χ0n) is 14.8. The summed E-state index contributed by atoms with van der Waals surface area (Å²) in [7, 11) is 0. The van der Waals surface area contributed by atoms with E-state index in [9.17, 15) is 18.0 Å². The fourth-order valence-corrected chi connectivity index (χ4v) is 3.21. The molecule has 2 heterocycles. The Morgan fingerprint density at radius 3 is 2.48 bits per heavy atom. The van der Waals surface area contributed by atoms with Gasteiger partial charge in [-0.05, 0) is 49.9 Å². The van der Waals surface area contributed by atoms with Gasteiger partial charge in [-0.3, -0.25) is 4.79 Å². The molecule has 0 radical (unpaired) electrons. The fraction of sp³-hybridized carbons (Fsp3) is 0.444. The van der Waals surface area contributed by atoms with E-state index >= 15 is 0 Å². The van der Waals surface area contributed by atoms with Gasteiger partial charge in [0.1, 0.15) is 0 Å². The molecule has 5 nitrogen and oxygen atoms in total. The number of halogens is 4. The van der Waals surface area contributed by atoms with Gasteiger partial charge in [0.25, 0.3) is 5.91 Å². The van der Waals surface area contributed by atoms with Gasteiger partial charge in [0.05, 0.1) is 5.69 Å². The number of likely N-dealkylation sites (tertiary alicyclic amines) is 1. The standard InChI is InChI=1S/C18H21F3N4O.ClH/c1-12(22)13-5-8-24(9-6-13)17(26)14-3-2-4-15(11-14)25-10-7-16(23-25)18(19,20)21;/h2-4,7,10-13H,5-6,8-9,22H2,1H3;1H. The minimum atomic E-state index is -4.50. The lowest BCUT2D eigenvalue weighted by Gasteiger charge is -2.33. The van der Waals surface area contributed by atoms with Crippen molar-refractivity contribution in [1.82, 2.24) is 14.7 Å². The molecule has 3 rings (SSSR count). The molecule has 1 atom stereocenters. The van der Waals surface area contributed by atoms with Crippen LogP contribution in [0, 0.1) is 5.92 Å². The molecular formula is C18H22ClF3N4O. The molecule has 27 heavy (non-hydrogen) atoms. The summed E-state index contributed by atoms with van der Waals surface area (Å²) in [4.78, 5) is 14.5. The number of nitrogens with two attached hydrogens (primary N) is 1. The highest BCUT2D eigenvalue weighted by Gasteiger charge is 2.33. The third-order valence-electron chi connectivity index (χ3n) is 4.81. The number of carbonyl (C=O) groups excluding carboxylic acids is 1. The highest BCUT2D eigenvalue weighted by molar-refractivity contribution is 5.94. The lowest BCUT2D eigenvalue weighted by Crippen LogP contribution is -2.42. The first kappa shape index (κ1) is 21.2. The lowest BCUT2D eigenvalue weighted by atomic mass is 9.90. The molecule has 1 saturated heterocycles. The summed E-state index contributed by atoms with van der Waals surface area (Å²) in [5, 5.41) is 3.55. The van der Waals surface area contributed by atoms with Crippen LogP contribution in [0.3, 0.4) is 0 Å². The molecule has 0 bridgehead atoms. The van der Waals surface area contributed by atoms with Crippen molar-refractivity contribution >= 4 is 18.3 Å². The number of rotatable bonds is 3. The molecule has 1 fully saturated rings. The molecule has 9 heteroatoms. The monoisotopic (exact) mass is 402 g/mol. The molecule has 2 N–H and O–H groups in total. The van der Waals surface area contributed by atoms with E-state index in [1.165, 1.54) is 6.20 Å². The third-order valence-corrected chi connectivity index (χ3v) is 4.81. The second-order valence-electron chi connectivity index (χ2n) is 6.68. The minimum Gasteiger partial charge on any atom is -0.339 e. The van der Waals surface area contributed by atoms with Gasteiger partial charge in [0.2, 0.25) is 0 Å². The first-order chi connectivity index (χ1) is 12.3. The number of amides is 1. The first-order valence-electron chi connectivity index (χ1n) is 8.54. The fourth-order valence-electron chi connectivity index (χ4n) is 3.21. The lowest BCUT2D eigenvalue weighted by molar-refractivity contribution is -0.141. The molecule has 1 aromatic carbocycles. The molecule has 1 unspecified atom stereocenters. The van der Waals surface area contributed by atoms with Crippen molar-refractivity contribution in [3.05, 3.63) is 47.8 Å². The number of piperidine rings is 1. The molecule has 0 saturated carbocycles. The second-order valence-corrected chi connectivity index (χ2v) is 6.68. The van der Waals surface area contributed by atoms with Crippen LogP contribution in [0.25, 0.3) is 5.69 Å². The van der Waals surface area contributed by atoms with Gasteiger partial charge < -0.3 is 10.6 Å². The van der Waals surface area contributed by atoms with Gasteiger partial charge in [-0.25, -0.2) is 4.68 Å². The van der Waals surface area contributed by atoms with Gasteiger partial charge in [-0.15, -0.1) is 12.4 Å². The summed E-state index contributed by atoms with van der Waals surface area (Å²) in [5.74, 6) is 0.286. The van der Waals surface area contributed by atoms with Gasteiger partial charge in [-0.1, -0.05) is 6.07 Å². The van der Waals surface area contributed by atoms with Crippen molar-refractivity contribution in [2.24, 2.45) is 11.7 Å². The Bertz CT molecular complexity index is 783. The molecule has 1 amide bonds. The van der Waals surface area contributed by atoms with E-state index in [-0.39, 0.29) is 24.4 Å². The molecule has 148 valence electrons. The predicted octanol–water partition coefficient (Wildman–Crippen LogP) is 3.51. The van der Waals surface area contributed by atoms with Crippen LogP contribution in [0.4, 0.5) is 13.2 Å². The van der Waals surface area contributed by atoms with Crippen LogP contribution in [-0.4, -0.2) is 39.7 Å². The van der Waals surface area contributed by atoms with Gasteiger partial charge in [-0.2, -0.15) is 18.3 Å². The summed E-state index contributed by atoms with van der Waals surface area (Å²) in [6.45, 7) is 3.25. The molecule has 1 aliphatic rings. The van der Waals surface area contributed by atoms with Crippen LogP contribution in [0.1, 0.15) is 35.8 Å². The highest BCUT2D eigenvalue weighted by Crippen LogP contribution is 2.28. The summed E-state index contributed by atoms with van der Waals surface area (Å²) < 4.78 is 39.3. The van der Waals surface area contributed by atoms with E-state index in [4.69, 9.17) is 5.73 Å². The Kier molecular flexibility index (Phi) is 6.54. The molecule has 1 aliphatic heterocycles. The summed E-state index contributed by atoms with van der Waals surface area (Å²) in [6, 6.07) is 7.51. The smallest absolute Gasteiger partial charge is 0.339 e. The van der Waals surface area contributed by atoms with E-state index in [2.05, 4.69) is 5.10 Å². The largest absolute Gasteiger partial charge is 0.435 e. The van der Waals surface area contributed by atoms with E-state index in [0.717, 1.165) is 23.6 Å². The van der Waals surface area contributed by atoms with Crippen LogP contribution in [0.2, 0.25) is 0 Å². The zero-order chi connectivity index (χ0) is 18.9. The van der Waals surface area contributed by atoms with Crippen LogP contribution in [0.5, 0.6) is 0 Å². The molecule has 1 aromatic heterocycles. The second kappa shape index (κ2) is 8.31. The first-order valence-corrected chi connectivity index (χ1v) is 8.54. The Morgan fingerprint density at radius 2 is 1.93 bits per heavy atom. The summed E-state index contributed by atoms with van der Waals surface area (Å²) >= 11 is 0. The normalized spacial score (nSPS) is 16.7. The van der Waals surface area contributed by atoms with Crippen LogP contribution in [-0.2, 0) is 6.18 Å². The van der Waals surface area contributed by atoms with E-state index in [0.29, 0.717) is 30.3 Å². The number of alkyl halides is 3. The van der Waals surface area contributed by atoms with E-state index in [1.54, 1.807) is 29.2 Å². The summed E-state index contributed by atoms with van der Waals surface area (Å²) in [5.41, 5.74) is 5.81. The van der Waals surface area contributed by atoms with Crippen LogP contribution >= 0.6 is 12.4 Å². The summed E-state index contributed by atoms with van der Waals surface area (Å²) in [6.07, 6.45) is -1.54. The predicted molar refractivity (Wildman–Crippen MR) is 98.1 cm³/mol. The maximum Gasteiger partial charge on any atom is 0.435 e. The Balaban J connectivity index is 0.00000261. The number of benzene rings is 1. The average molecular weight is 403 g/mol. The van der Waals surface area contributed by atoms with Gasteiger partial charge >= 0.3 is 6.18 Å². The molecule has 2 aromatic rings. The van der Waals surface area contributed by atoms with Crippen LogP contribution in [0.15, 0.2) is 36.5 Å². The average Bonchev–Trinajstić information content (AvgIpc) is 3.12. The van der Waals surface area contributed by atoms with Crippen LogP contribution < -0.4 is 5.73 Å². The highest BCUT2D eigenvalue weighted by atomic mass is 35.5. The van der Waals surface area contributed by atoms with Crippen molar-refractivity contribution in [3.8, 4) is 5.69 Å². The van der Waals surface area contributed by atoms with Crippen molar-refractivity contribution in [1.29, 1.82) is 0 Å². The number of aromatic nitrogens is 2. The number of hydrogen-bond acceptors (Lipinski definition) is 3. The Hall–Kier alpha value is -2.06. The third kappa shape index (κ3) is 4.81. The minimum absolute atomic E-state index is 0.